The molecule has 0 bridgehead atoms. The summed E-state index contributed by atoms with van der Waals surface area (Å²) in [6.45, 7) is -0.260. The third-order valence-electron chi connectivity index (χ3n) is 9.99. The average molecular weight is 600 g/mol. The van der Waals surface area contributed by atoms with Gasteiger partial charge in [0.15, 0.2) is 0 Å². The van der Waals surface area contributed by atoms with Gasteiger partial charge in [-0.15, -0.1) is 0 Å². The van der Waals surface area contributed by atoms with Crippen LogP contribution in [0.4, 0.5) is 0 Å². The molecule has 0 atom stereocenters. The summed E-state index contributed by atoms with van der Waals surface area (Å²) in [5.41, 5.74) is 11.2. The Morgan fingerprint density at radius 3 is 1.53 bits per heavy atom. The number of hydrogen-bond acceptors (Lipinski definition) is 2. The van der Waals surface area contributed by atoms with E-state index in [0.717, 1.165) is 50.7 Å². The van der Waals surface area contributed by atoms with Crippen molar-refractivity contribution in [1.29, 1.82) is 0 Å². The van der Waals surface area contributed by atoms with Gasteiger partial charge in [-0.1, -0.05) is 91.0 Å². The summed E-state index contributed by atoms with van der Waals surface area (Å²) in [6, 6.07) is 53.9. The highest BCUT2D eigenvalue weighted by Crippen LogP contribution is 2.43. The Morgan fingerprint density at radius 2 is 0.915 bits per heavy atom. The SMILES string of the molecule is c1ccc2c(c1)Oc1cc(-n3c4ccccc4c4ccccc43)cc3c1B2Oc1ccc(-n2c4ccccc4c4ccccc42)cc1-3. The molecule has 0 N–H and O–H groups in total. The van der Waals surface area contributed by atoms with E-state index < -0.39 is 0 Å². The van der Waals surface area contributed by atoms with Crippen molar-refractivity contribution < 1.29 is 9.39 Å². The molecule has 2 aliphatic rings. The molecule has 11 rings (SSSR count). The lowest BCUT2D eigenvalue weighted by Gasteiger charge is -2.33. The standard InChI is InChI=1S/C42H25BN2O2/c1-6-16-35-28(11-1)29-12-2-7-17-36(29)44(35)26-21-22-39-32(23-26)33-24-27(25-41-42(33)43(47-39)34-15-5-10-20-40(34)46-41)45-37-18-8-3-13-30(37)31-14-4-9-19-38(31)45/h1-25H. The van der Waals surface area contributed by atoms with Gasteiger partial charge in [0, 0.05) is 49.8 Å². The molecule has 9 aromatic rings. The van der Waals surface area contributed by atoms with Gasteiger partial charge >= 0.3 is 6.92 Å². The third-order valence-corrected chi connectivity index (χ3v) is 9.99. The normalized spacial score (nSPS) is 13.0. The Labute approximate surface area is 270 Å². The molecule has 0 amide bonds. The second-order valence-corrected chi connectivity index (χ2v) is 12.5. The predicted molar refractivity (Wildman–Crippen MR) is 193 cm³/mol. The Balaban J connectivity index is 1.21. The highest BCUT2D eigenvalue weighted by molar-refractivity contribution is 6.84. The molecular formula is C42H25BN2O2. The number of fused-ring (bicyclic) bond motifs is 10. The van der Waals surface area contributed by atoms with Gasteiger partial charge < -0.3 is 18.5 Å². The van der Waals surface area contributed by atoms with Crippen molar-refractivity contribution in [3.05, 3.63) is 152 Å². The van der Waals surface area contributed by atoms with Gasteiger partial charge in [0.25, 0.3) is 0 Å². The maximum atomic E-state index is 6.89. The molecule has 0 saturated heterocycles. The van der Waals surface area contributed by atoms with Crippen LogP contribution in [0.1, 0.15) is 0 Å². The minimum atomic E-state index is -0.260. The third kappa shape index (κ3) is 3.38. The van der Waals surface area contributed by atoms with Crippen LogP contribution in [0.2, 0.25) is 0 Å². The smallest absolute Gasteiger partial charge is 0.434 e. The van der Waals surface area contributed by atoms with E-state index in [1.54, 1.807) is 0 Å². The number of hydrogen-bond donors (Lipinski definition) is 0. The van der Waals surface area contributed by atoms with Crippen molar-refractivity contribution in [2.45, 2.75) is 0 Å². The molecule has 0 fully saturated rings. The van der Waals surface area contributed by atoms with Crippen molar-refractivity contribution in [3.63, 3.8) is 0 Å². The molecular weight excluding hydrogens is 575 g/mol. The molecule has 47 heavy (non-hydrogen) atoms. The fourth-order valence-corrected chi connectivity index (χ4v) is 8.00. The summed E-state index contributed by atoms with van der Waals surface area (Å²) in [4.78, 5) is 0. The zero-order valence-electron chi connectivity index (χ0n) is 25.2. The minimum absolute atomic E-state index is 0.260. The van der Waals surface area contributed by atoms with E-state index in [2.05, 4.69) is 149 Å². The van der Waals surface area contributed by atoms with Gasteiger partial charge in [0.1, 0.15) is 17.2 Å². The van der Waals surface area contributed by atoms with E-state index in [1.807, 2.05) is 12.1 Å². The topological polar surface area (TPSA) is 28.3 Å². The molecule has 0 radical (unpaired) electrons. The first kappa shape index (κ1) is 25.0. The van der Waals surface area contributed by atoms with Crippen LogP contribution in [0.25, 0.3) is 66.1 Å². The molecule has 0 saturated carbocycles. The Morgan fingerprint density at radius 1 is 0.404 bits per heavy atom. The van der Waals surface area contributed by atoms with E-state index in [4.69, 9.17) is 9.39 Å². The predicted octanol–water partition coefficient (Wildman–Crippen LogP) is 9.15. The van der Waals surface area contributed by atoms with E-state index in [9.17, 15) is 0 Å². The lowest BCUT2D eigenvalue weighted by atomic mass is 9.51. The van der Waals surface area contributed by atoms with Gasteiger partial charge in [-0.2, -0.15) is 0 Å². The van der Waals surface area contributed by atoms with Crippen LogP contribution in [0.15, 0.2) is 152 Å². The fourth-order valence-electron chi connectivity index (χ4n) is 8.00. The molecule has 2 aromatic heterocycles. The van der Waals surface area contributed by atoms with Crippen molar-refractivity contribution >= 4 is 61.5 Å². The summed E-state index contributed by atoms with van der Waals surface area (Å²) in [5.74, 6) is 2.53. The second kappa shape index (κ2) is 9.18. The van der Waals surface area contributed by atoms with Crippen LogP contribution >= 0.6 is 0 Å². The number of aromatic nitrogens is 2. The maximum absolute atomic E-state index is 6.89. The van der Waals surface area contributed by atoms with E-state index in [0.29, 0.717) is 0 Å². The van der Waals surface area contributed by atoms with E-state index >= 15 is 0 Å². The lowest BCUT2D eigenvalue weighted by Crippen LogP contribution is -2.53. The van der Waals surface area contributed by atoms with Gasteiger partial charge in [0.2, 0.25) is 0 Å². The van der Waals surface area contributed by atoms with Crippen LogP contribution in [0.3, 0.4) is 0 Å². The highest BCUT2D eigenvalue weighted by atomic mass is 16.5. The van der Waals surface area contributed by atoms with Gasteiger partial charge in [-0.25, -0.2) is 0 Å². The van der Waals surface area contributed by atoms with Crippen molar-refractivity contribution in [3.8, 4) is 39.8 Å². The summed E-state index contributed by atoms with van der Waals surface area (Å²) < 4.78 is 18.3. The largest absolute Gasteiger partial charge is 0.551 e. The molecule has 4 nitrogen and oxygen atoms in total. The van der Waals surface area contributed by atoms with Crippen LogP contribution in [0.5, 0.6) is 17.2 Å². The number of rotatable bonds is 2. The fraction of sp³-hybridized carbons (Fsp3) is 0. The maximum Gasteiger partial charge on any atom is 0.434 e. The quantitative estimate of drug-likeness (QED) is 0.185. The van der Waals surface area contributed by atoms with E-state index in [1.165, 1.54) is 43.6 Å². The monoisotopic (exact) mass is 600 g/mol. The van der Waals surface area contributed by atoms with Crippen molar-refractivity contribution in [2.24, 2.45) is 0 Å². The molecule has 0 aliphatic carbocycles. The number of benzene rings is 7. The summed E-state index contributed by atoms with van der Waals surface area (Å²) in [6.07, 6.45) is 0. The summed E-state index contributed by atoms with van der Waals surface area (Å²) >= 11 is 0. The van der Waals surface area contributed by atoms with Gasteiger partial charge in [-0.05, 0) is 60.2 Å². The zero-order valence-corrected chi connectivity index (χ0v) is 25.2. The molecule has 218 valence electrons. The number of ether oxygens (including phenoxy) is 1. The number of nitrogens with zero attached hydrogens (tertiary/aromatic N) is 2. The second-order valence-electron chi connectivity index (χ2n) is 12.5. The zero-order chi connectivity index (χ0) is 30.6. The van der Waals surface area contributed by atoms with E-state index in [-0.39, 0.29) is 6.92 Å². The van der Waals surface area contributed by atoms with Crippen molar-refractivity contribution in [2.75, 3.05) is 0 Å². The molecule has 0 unspecified atom stereocenters. The molecule has 7 aromatic carbocycles. The Kier molecular flexibility index (Phi) is 4.89. The Hall–Kier alpha value is -6.20. The minimum Gasteiger partial charge on any atom is -0.551 e. The van der Waals surface area contributed by atoms with Crippen LogP contribution in [-0.4, -0.2) is 16.0 Å². The first-order valence-corrected chi connectivity index (χ1v) is 16.0. The first-order chi connectivity index (χ1) is 23.3. The Bertz CT molecular complexity index is 2670. The molecule has 2 aliphatic heterocycles. The lowest BCUT2D eigenvalue weighted by molar-refractivity contribution is 0.479. The average Bonchev–Trinajstić information content (AvgIpc) is 3.65. The highest BCUT2D eigenvalue weighted by Gasteiger charge is 2.41. The van der Waals surface area contributed by atoms with Gasteiger partial charge in [0.05, 0.1) is 27.8 Å². The van der Waals surface area contributed by atoms with Crippen LogP contribution in [0, 0.1) is 0 Å². The number of para-hydroxylation sites is 5. The first-order valence-electron chi connectivity index (χ1n) is 16.0. The van der Waals surface area contributed by atoms with Crippen molar-refractivity contribution in [1.82, 2.24) is 9.13 Å². The summed E-state index contributed by atoms with van der Waals surface area (Å²) in [5, 5.41) is 4.95. The van der Waals surface area contributed by atoms with Crippen LogP contribution < -0.4 is 20.3 Å². The molecule has 5 heteroatoms. The molecule has 4 heterocycles. The molecule has 0 spiro atoms. The van der Waals surface area contributed by atoms with Crippen LogP contribution in [-0.2, 0) is 0 Å². The summed E-state index contributed by atoms with van der Waals surface area (Å²) in [7, 11) is 0. The van der Waals surface area contributed by atoms with Gasteiger partial charge in [-0.3, -0.25) is 0 Å².